The fourth-order valence-corrected chi connectivity index (χ4v) is 2.69. The molecule has 0 aromatic heterocycles. The van der Waals surface area contributed by atoms with Gasteiger partial charge in [0.15, 0.2) is 11.5 Å². The molecule has 1 aromatic carbocycles. The van der Waals surface area contributed by atoms with Gasteiger partial charge < -0.3 is 24.4 Å². The maximum Gasteiger partial charge on any atom is 0.337 e. The van der Waals surface area contributed by atoms with E-state index < -0.39 is 11.9 Å². The zero-order valence-electron chi connectivity index (χ0n) is 10.9. The molecule has 2 fully saturated rings. The Morgan fingerprint density at radius 1 is 0.905 bits per heavy atom. The first-order chi connectivity index (χ1) is 10.1. The molecule has 3 aliphatic rings. The number of aromatic carboxylic acids is 2. The Hall–Kier alpha value is -2.12. The molecule has 7 heteroatoms. The molecule has 21 heavy (non-hydrogen) atoms. The van der Waals surface area contributed by atoms with E-state index in [4.69, 9.17) is 14.2 Å². The topological polar surface area (TPSA) is 112 Å². The van der Waals surface area contributed by atoms with E-state index in [1.807, 2.05) is 0 Å². The number of rotatable bonds is 6. The summed E-state index contributed by atoms with van der Waals surface area (Å²) >= 11 is 0. The molecule has 110 valence electrons. The SMILES string of the molecule is O=C(O)c1c(CC2CO2)c2c(c(CC3CO3)c1C(=O)O)O2. The van der Waals surface area contributed by atoms with E-state index in [0.29, 0.717) is 48.7 Å². The standard InChI is InChI=1S/C14H12O7/c15-13(16)9-7(1-5-3-19-5)11-12(21-11)8(2-6-4-20-6)10(9)14(17)18/h5-6H,1-4H2,(H,15,16)(H,17,18). The lowest BCUT2D eigenvalue weighted by atomic mass is 9.91. The highest BCUT2D eigenvalue weighted by Crippen LogP contribution is 2.55. The molecule has 3 heterocycles. The summed E-state index contributed by atoms with van der Waals surface area (Å²) in [5, 5.41) is 18.9. The van der Waals surface area contributed by atoms with E-state index in [-0.39, 0.29) is 23.3 Å². The van der Waals surface area contributed by atoms with Crippen LogP contribution >= 0.6 is 0 Å². The summed E-state index contributed by atoms with van der Waals surface area (Å²) < 4.78 is 15.6. The van der Waals surface area contributed by atoms with Crippen molar-refractivity contribution in [3.63, 3.8) is 0 Å². The minimum Gasteiger partial charge on any atom is -0.478 e. The Morgan fingerprint density at radius 3 is 1.57 bits per heavy atom. The van der Waals surface area contributed by atoms with Crippen molar-refractivity contribution in [2.45, 2.75) is 25.0 Å². The number of fused-ring (bicyclic) bond motifs is 1. The molecule has 0 amide bonds. The van der Waals surface area contributed by atoms with E-state index in [9.17, 15) is 19.8 Å². The quantitative estimate of drug-likeness (QED) is 0.766. The molecule has 2 saturated heterocycles. The van der Waals surface area contributed by atoms with E-state index in [2.05, 4.69) is 0 Å². The molecule has 2 N–H and O–H groups in total. The van der Waals surface area contributed by atoms with Crippen LogP contribution in [0.4, 0.5) is 0 Å². The summed E-state index contributed by atoms with van der Waals surface area (Å²) in [5.41, 5.74) is 0.505. The molecule has 3 aliphatic heterocycles. The molecule has 4 rings (SSSR count). The second kappa shape index (κ2) is 4.19. The van der Waals surface area contributed by atoms with Gasteiger partial charge in [-0.2, -0.15) is 0 Å². The lowest BCUT2D eigenvalue weighted by Crippen LogP contribution is -2.15. The number of carbonyl (C=O) groups is 2. The van der Waals surface area contributed by atoms with Gasteiger partial charge in [0.1, 0.15) is 0 Å². The summed E-state index contributed by atoms with van der Waals surface area (Å²) in [6.07, 6.45) is 0.640. The molecule has 0 saturated carbocycles. The van der Waals surface area contributed by atoms with Crippen molar-refractivity contribution in [3.8, 4) is 11.5 Å². The molecule has 0 bridgehead atoms. The van der Waals surface area contributed by atoms with Crippen LogP contribution in [0, 0.1) is 0 Å². The molecular formula is C14H12O7. The van der Waals surface area contributed by atoms with Crippen LogP contribution in [-0.2, 0) is 22.3 Å². The lowest BCUT2D eigenvalue weighted by molar-refractivity contribution is 0.0649. The van der Waals surface area contributed by atoms with Gasteiger partial charge in [0.2, 0.25) is 0 Å². The fraction of sp³-hybridized carbons (Fsp3) is 0.429. The smallest absolute Gasteiger partial charge is 0.337 e. The predicted molar refractivity (Wildman–Crippen MR) is 67.3 cm³/mol. The Kier molecular flexibility index (Phi) is 2.51. The summed E-state index contributed by atoms with van der Waals surface area (Å²) in [7, 11) is 0. The number of hydrogen-bond donors (Lipinski definition) is 2. The van der Waals surface area contributed by atoms with E-state index >= 15 is 0 Å². The average molecular weight is 292 g/mol. The summed E-state index contributed by atoms with van der Waals surface area (Å²) in [5.74, 6) is -1.49. The van der Waals surface area contributed by atoms with Gasteiger partial charge in [0.25, 0.3) is 0 Å². The Morgan fingerprint density at radius 2 is 1.29 bits per heavy atom. The Balaban J connectivity index is 1.87. The number of epoxide rings is 2. The molecule has 0 aliphatic carbocycles. The van der Waals surface area contributed by atoms with Crippen molar-refractivity contribution in [1.82, 2.24) is 0 Å². The Labute approximate surface area is 119 Å². The van der Waals surface area contributed by atoms with Gasteiger partial charge in [0.05, 0.1) is 36.5 Å². The van der Waals surface area contributed by atoms with Crippen molar-refractivity contribution in [3.05, 3.63) is 22.3 Å². The molecule has 2 atom stereocenters. The van der Waals surface area contributed by atoms with Crippen LogP contribution in [-0.4, -0.2) is 47.6 Å². The number of carboxylic acid groups (broad SMARTS) is 2. The van der Waals surface area contributed by atoms with Crippen LogP contribution in [0.2, 0.25) is 0 Å². The van der Waals surface area contributed by atoms with Crippen molar-refractivity contribution in [2.24, 2.45) is 0 Å². The Bertz CT molecular complexity index is 614. The predicted octanol–water partition coefficient (Wildman–Crippen LogP) is 1.07. The molecule has 2 unspecified atom stereocenters. The molecule has 1 aromatic rings. The van der Waals surface area contributed by atoms with Crippen LogP contribution in [0.15, 0.2) is 0 Å². The third kappa shape index (κ3) is 2.14. The van der Waals surface area contributed by atoms with Gasteiger partial charge >= 0.3 is 11.9 Å². The molecule has 0 spiro atoms. The van der Waals surface area contributed by atoms with E-state index in [1.165, 1.54) is 0 Å². The zero-order chi connectivity index (χ0) is 14.7. The highest BCUT2D eigenvalue weighted by Gasteiger charge is 2.42. The number of ether oxygens (including phenoxy) is 3. The normalized spacial score (nSPS) is 24.0. The number of hydrogen-bond acceptors (Lipinski definition) is 5. The van der Waals surface area contributed by atoms with Gasteiger partial charge in [-0.1, -0.05) is 0 Å². The second-order valence-corrected chi connectivity index (χ2v) is 5.40. The maximum absolute atomic E-state index is 11.6. The van der Waals surface area contributed by atoms with Crippen LogP contribution in [0.25, 0.3) is 0 Å². The summed E-state index contributed by atoms with van der Waals surface area (Å²) in [6, 6.07) is 0. The number of carboxylic acids is 2. The zero-order valence-corrected chi connectivity index (χ0v) is 10.9. The van der Waals surface area contributed by atoms with Gasteiger partial charge in [-0.15, -0.1) is 0 Å². The van der Waals surface area contributed by atoms with Crippen LogP contribution in [0.3, 0.4) is 0 Å². The van der Waals surface area contributed by atoms with Crippen molar-refractivity contribution >= 4 is 11.9 Å². The molecule has 0 radical (unpaired) electrons. The van der Waals surface area contributed by atoms with Crippen molar-refractivity contribution < 1.29 is 34.0 Å². The first-order valence-corrected chi connectivity index (χ1v) is 6.65. The van der Waals surface area contributed by atoms with Crippen molar-refractivity contribution in [1.29, 1.82) is 0 Å². The second-order valence-electron chi connectivity index (χ2n) is 5.40. The van der Waals surface area contributed by atoms with Gasteiger partial charge in [-0.05, 0) is 0 Å². The van der Waals surface area contributed by atoms with Crippen LogP contribution < -0.4 is 4.74 Å². The third-order valence-electron chi connectivity index (χ3n) is 3.87. The number of benzene rings is 1. The van der Waals surface area contributed by atoms with Crippen LogP contribution in [0.5, 0.6) is 11.5 Å². The third-order valence-corrected chi connectivity index (χ3v) is 3.87. The van der Waals surface area contributed by atoms with E-state index in [0.717, 1.165) is 0 Å². The average Bonchev–Trinajstić information content (AvgIpc) is 3.23. The molecular weight excluding hydrogens is 280 g/mol. The highest BCUT2D eigenvalue weighted by molar-refractivity contribution is 6.06. The van der Waals surface area contributed by atoms with E-state index in [1.54, 1.807) is 0 Å². The minimum atomic E-state index is -1.25. The first-order valence-electron chi connectivity index (χ1n) is 6.65. The molecule has 7 nitrogen and oxygen atoms in total. The largest absolute Gasteiger partial charge is 0.478 e. The monoisotopic (exact) mass is 292 g/mol. The fourth-order valence-electron chi connectivity index (χ4n) is 2.69. The minimum absolute atomic E-state index is 0.0457. The van der Waals surface area contributed by atoms with Gasteiger partial charge in [0, 0.05) is 24.0 Å². The van der Waals surface area contributed by atoms with Gasteiger partial charge in [-0.3, -0.25) is 0 Å². The van der Waals surface area contributed by atoms with Crippen molar-refractivity contribution in [2.75, 3.05) is 13.2 Å². The maximum atomic E-state index is 11.6. The lowest BCUT2D eigenvalue weighted by Gasteiger charge is -2.09. The summed E-state index contributed by atoms with van der Waals surface area (Å²) in [4.78, 5) is 23.2. The van der Waals surface area contributed by atoms with Crippen LogP contribution in [0.1, 0.15) is 31.8 Å². The summed E-state index contributed by atoms with van der Waals surface area (Å²) in [6.45, 7) is 1.13. The highest BCUT2D eigenvalue weighted by atomic mass is 16.6. The van der Waals surface area contributed by atoms with Gasteiger partial charge in [-0.25, -0.2) is 9.59 Å². The first kappa shape index (κ1) is 12.6.